The van der Waals surface area contributed by atoms with E-state index >= 15 is 0 Å². The number of carbonyl (C=O) groups is 3. The number of ether oxygens (including phenoxy) is 2. The maximum absolute atomic E-state index is 13.1. The number of hydrogen-bond acceptors (Lipinski definition) is 6. The van der Waals surface area contributed by atoms with Gasteiger partial charge in [-0.15, -0.1) is 0 Å². The summed E-state index contributed by atoms with van der Waals surface area (Å²) in [6.07, 6.45) is -1.04. The number of amides is 2. The monoisotopic (exact) mass is 468 g/mol. The van der Waals surface area contributed by atoms with E-state index in [4.69, 9.17) is 15.2 Å². The second-order valence-corrected chi connectivity index (χ2v) is 9.29. The Morgan fingerprint density at radius 2 is 1.53 bits per heavy atom. The van der Waals surface area contributed by atoms with Gasteiger partial charge in [0.25, 0.3) is 0 Å². The Morgan fingerprint density at radius 1 is 0.971 bits per heavy atom. The smallest absolute Gasteiger partial charge is 0.420 e. The van der Waals surface area contributed by atoms with E-state index in [1.165, 1.54) is 0 Å². The molecule has 0 aromatic heterocycles. The van der Waals surface area contributed by atoms with E-state index < -0.39 is 29.8 Å². The molecule has 0 spiro atoms. The molecule has 2 amide bonds. The molecule has 3 rings (SSSR count). The second-order valence-electron chi connectivity index (χ2n) is 9.29. The van der Waals surface area contributed by atoms with Crippen LogP contribution in [0.25, 0.3) is 11.1 Å². The van der Waals surface area contributed by atoms with E-state index in [9.17, 15) is 19.5 Å². The zero-order valence-electron chi connectivity index (χ0n) is 19.8. The number of rotatable bonds is 8. The van der Waals surface area contributed by atoms with Crippen LogP contribution in [0.3, 0.4) is 0 Å². The molecule has 0 fully saturated rings. The lowest BCUT2D eigenvalue weighted by Crippen LogP contribution is -2.50. The SMILES string of the molecule is CC(C)(C)OC(=O)N(C(=O)OCC1c2ccccc2-c2ccccc21)[C@@H](CCCCN)C(=O)O. The van der Waals surface area contributed by atoms with Gasteiger partial charge in [-0.2, -0.15) is 4.90 Å². The zero-order valence-corrected chi connectivity index (χ0v) is 19.8. The standard InChI is InChI=1S/C26H32N2O6/c1-26(2,3)34-25(32)28(22(23(29)30)14-8-9-15-27)24(31)33-16-21-19-12-6-4-10-17(19)18-11-5-7-13-20(18)21/h4-7,10-13,21-22H,8-9,14-16,27H2,1-3H3,(H,29,30)/t22-/m0/s1. The molecule has 2 aromatic rings. The highest BCUT2D eigenvalue weighted by Crippen LogP contribution is 2.44. The van der Waals surface area contributed by atoms with Crippen molar-refractivity contribution in [3.05, 3.63) is 59.7 Å². The average Bonchev–Trinajstić information content (AvgIpc) is 3.09. The van der Waals surface area contributed by atoms with Gasteiger partial charge in [0.1, 0.15) is 18.2 Å². The highest BCUT2D eigenvalue weighted by atomic mass is 16.6. The normalized spacial score (nSPS) is 13.5. The number of hydrogen-bond donors (Lipinski definition) is 2. The van der Waals surface area contributed by atoms with Gasteiger partial charge in [0.05, 0.1) is 0 Å². The molecule has 1 aliphatic rings. The fraction of sp³-hybridized carbons (Fsp3) is 0.423. The van der Waals surface area contributed by atoms with Crippen LogP contribution in [0, 0.1) is 0 Å². The number of imide groups is 1. The van der Waals surface area contributed by atoms with Gasteiger partial charge in [-0.05, 0) is 68.8 Å². The first kappa shape index (κ1) is 25.2. The van der Waals surface area contributed by atoms with Gasteiger partial charge in [0, 0.05) is 5.92 Å². The molecule has 1 aliphatic carbocycles. The van der Waals surface area contributed by atoms with Crippen LogP contribution in [0.2, 0.25) is 0 Å². The van der Waals surface area contributed by atoms with Crippen molar-refractivity contribution in [2.45, 2.75) is 57.6 Å². The third kappa shape index (κ3) is 5.75. The summed E-state index contributed by atoms with van der Waals surface area (Å²) >= 11 is 0. The Bertz CT molecular complexity index is 1000. The molecule has 0 bridgehead atoms. The summed E-state index contributed by atoms with van der Waals surface area (Å²) in [5.41, 5.74) is 8.75. The summed E-state index contributed by atoms with van der Waals surface area (Å²) in [5, 5.41) is 9.79. The molecule has 0 unspecified atom stereocenters. The Morgan fingerprint density at radius 3 is 2.03 bits per heavy atom. The molecular formula is C26H32N2O6. The van der Waals surface area contributed by atoms with Gasteiger partial charge in [-0.3, -0.25) is 0 Å². The molecule has 8 heteroatoms. The minimum absolute atomic E-state index is 0.0404. The molecule has 0 saturated carbocycles. The summed E-state index contributed by atoms with van der Waals surface area (Å²) in [5.74, 6) is -1.53. The van der Waals surface area contributed by atoms with Gasteiger partial charge in [-0.1, -0.05) is 48.5 Å². The van der Waals surface area contributed by atoms with Crippen molar-refractivity contribution in [2.24, 2.45) is 5.73 Å². The first-order valence-electron chi connectivity index (χ1n) is 11.4. The fourth-order valence-electron chi connectivity index (χ4n) is 4.15. The van der Waals surface area contributed by atoms with Crippen LogP contribution in [-0.2, 0) is 14.3 Å². The lowest BCUT2D eigenvalue weighted by Gasteiger charge is -2.29. The molecule has 0 heterocycles. The molecule has 3 N–H and O–H groups in total. The quantitative estimate of drug-likeness (QED) is 0.536. The van der Waals surface area contributed by atoms with E-state index in [-0.39, 0.29) is 18.9 Å². The Labute approximate surface area is 199 Å². The fourth-order valence-corrected chi connectivity index (χ4v) is 4.15. The molecule has 8 nitrogen and oxygen atoms in total. The van der Waals surface area contributed by atoms with Crippen molar-refractivity contribution in [3.63, 3.8) is 0 Å². The minimum Gasteiger partial charge on any atom is -0.480 e. The van der Waals surface area contributed by atoms with Crippen LogP contribution < -0.4 is 5.73 Å². The molecule has 2 aromatic carbocycles. The number of carboxylic acid groups (broad SMARTS) is 1. The third-order valence-electron chi connectivity index (χ3n) is 5.65. The maximum atomic E-state index is 13.1. The van der Waals surface area contributed by atoms with Crippen molar-refractivity contribution in [1.82, 2.24) is 4.90 Å². The lowest BCUT2D eigenvalue weighted by molar-refractivity contribution is -0.143. The summed E-state index contributed by atoms with van der Waals surface area (Å²) in [6.45, 7) is 5.27. The Balaban J connectivity index is 1.84. The first-order chi connectivity index (χ1) is 16.1. The predicted molar refractivity (Wildman–Crippen MR) is 127 cm³/mol. The van der Waals surface area contributed by atoms with Crippen molar-refractivity contribution in [2.75, 3.05) is 13.2 Å². The van der Waals surface area contributed by atoms with Gasteiger partial charge >= 0.3 is 18.2 Å². The number of benzene rings is 2. The topological polar surface area (TPSA) is 119 Å². The summed E-state index contributed by atoms with van der Waals surface area (Å²) < 4.78 is 10.9. The van der Waals surface area contributed by atoms with Crippen LogP contribution in [0.4, 0.5) is 9.59 Å². The molecule has 182 valence electrons. The molecule has 0 radical (unpaired) electrons. The van der Waals surface area contributed by atoms with Gasteiger partial charge in [0.2, 0.25) is 0 Å². The third-order valence-corrected chi connectivity index (χ3v) is 5.65. The molecular weight excluding hydrogens is 436 g/mol. The number of aliphatic carboxylic acids is 1. The zero-order chi connectivity index (χ0) is 24.9. The highest BCUT2D eigenvalue weighted by Gasteiger charge is 2.39. The van der Waals surface area contributed by atoms with Gasteiger partial charge < -0.3 is 20.3 Å². The van der Waals surface area contributed by atoms with Gasteiger partial charge in [0.15, 0.2) is 0 Å². The van der Waals surface area contributed by atoms with Crippen LogP contribution in [0.5, 0.6) is 0 Å². The number of nitrogens with zero attached hydrogens (tertiary/aromatic N) is 1. The number of carboxylic acids is 1. The van der Waals surface area contributed by atoms with E-state index in [0.717, 1.165) is 22.3 Å². The van der Waals surface area contributed by atoms with Crippen molar-refractivity contribution in [1.29, 1.82) is 0 Å². The minimum atomic E-state index is -1.42. The number of carbonyl (C=O) groups excluding carboxylic acids is 2. The summed E-state index contributed by atoms with van der Waals surface area (Å²) in [6, 6.07) is 14.3. The Kier molecular flexibility index (Phi) is 7.94. The average molecular weight is 469 g/mol. The largest absolute Gasteiger partial charge is 0.480 e. The molecule has 1 atom stereocenters. The molecule has 0 saturated heterocycles. The summed E-state index contributed by atoms with van der Waals surface area (Å²) in [7, 11) is 0. The van der Waals surface area contributed by atoms with E-state index in [1.54, 1.807) is 20.8 Å². The second kappa shape index (κ2) is 10.7. The van der Waals surface area contributed by atoms with Crippen molar-refractivity contribution < 1.29 is 29.0 Å². The lowest BCUT2D eigenvalue weighted by atomic mass is 9.98. The van der Waals surface area contributed by atoms with E-state index in [0.29, 0.717) is 24.3 Å². The summed E-state index contributed by atoms with van der Waals surface area (Å²) in [4.78, 5) is 38.6. The number of fused-ring (bicyclic) bond motifs is 3. The highest BCUT2D eigenvalue weighted by molar-refractivity contribution is 5.93. The van der Waals surface area contributed by atoms with Crippen LogP contribution in [-0.4, -0.2) is 53.0 Å². The first-order valence-corrected chi connectivity index (χ1v) is 11.4. The number of unbranched alkanes of at least 4 members (excludes halogenated alkanes) is 1. The maximum Gasteiger partial charge on any atom is 0.420 e. The van der Waals surface area contributed by atoms with Gasteiger partial charge in [-0.25, -0.2) is 14.4 Å². The Hall–Kier alpha value is -3.39. The molecule has 0 aliphatic heterocycles. The number of nitrogens with two attached hydrogens (primary N) is 1. The van der Waals surface area contributed by atoms with Crippen LogP contribution in [0.1, 0.15) is 57.1 Å². The van der Waals surface area contributed by atoms with E-state index in [2.05, 4.69) is 0 Å². The van der Waals surface area contributed by atoms with Crippen molar-refractivity contribution in [3.8, 4) is 11.1 Å². The van der Waals surface area contributed by atoms with E-state index in [1.807, 2.05) is 48.5 Å². The van der Waals surface area contributed by atoms with Crippen LogP contribution >= 0.6 is 0 Å². The predicted octanol–water partition coefficient (Wildman–Crippen LogP) is 4.75. The van der Waals surface area contributed by atoms with Crippen molar-refractivity contribution >= 4 is 18.2 Å². The van der Waals surface area contributed by atoms with Crippen LogP contribution in [0.15, 0.2) is 48.5 Å². The molecule has 34 heavy (non-hydrogen) atoms.